The maximum Gasteiger partial charge on any atom is 0.230 e. The summed E-state index contributed by atoms with van der Waals surface area (Å²) in [6.45, 7) is 1.78. The summed E-state index contributed by atoms with van der Waals surface area (Å²) in [7, 11) is 5.89. The van der Waals surface area contributed by atoms with Crippen LogP contribution < -0.4 is 10.2 Å². The molecule has 0 aromatic carbocycles. The van der Waals surface area contributed by atoms with E-state index in [-0.39, 0.29) is 5.28 Å². The minimum Gasteiger partial charge on any atom is -0.353 e. The molecule has 0 unspecified atom stereocenters. The third kappa shape index (κ3) is 3.68. The molecule has 18 heavy (non-hydrogen) atoms. The average Bonchev–Trinajstić information content (AvgIpc) is 3.11. The average molecular weight is 271 g/mol. The van der Waals surface area contributed by atoms with Gasteiger partial charge in [-0.2, -0.15) is 15.0 Å². The molecule has 1 aliphatic rings. The van der Waals surface area contributed by atoms with Crippen molar-refractivity contribution < 1.29 is 0 Å². The molecule has 1 N–H and O–H groups in total. The van der Waals surface area contributed by atoms with Crippen LogP contribution in [0.15, 0.2) is 0 Å². The zero-order valence-electron chi connectivity index (χ0n) is 11.0. The van der Waals surface area contributed by atoms with E-state index in [4.69, 9.17) is 11.6 Å². The quantitative estimate of drug-likeness (QED) is 0.835. The summed E-state index contributed by atoms with van der Waals surface area (Å²) < 4.78 is 0. The molecule has 0 saturated heterocycles. The molecule has 1 heterocycles. The standard InChI is InChI=1S/C11H19ClN6/c1-17(2)11-15-9(12)14-10(16-11)13-6-7-18(3)8-4-5-8/h8H,4-7H2,1-3H3,(H,13,14,15,16). The number of nitrogens with one attached hydrogen (secondary N) is 1. The second-order valence-electron chi connectivity index (χ2n) is 4.76. The monoisotopic (exact) mass is 270 g/mol. The lowest BCUT2D eigenvalue weighted by Crippen LogP contribution is -2.27. The van der Waals surface area contributed by atoms with Crippen LogP contribution in [0, 0.1) is 0 Å². The zero-order valence-corrected chi connectivity index (χ0v) is 11.8. The van der Waals surface area contributed by atoms with Gasteiger partial charge in [0.2, 0.25) is 17.2 Å². The topological polar surface area (TPSA) is 57.2 Å². The van der Waals surface area contributed by atoms with Gasteiger partial charge in [-0.15, -0.1) is 0 Å². The predicted octanol–water partition coefficient (Wildman–Crippen LogP) is 1.10. The first-order valence-corrected chi connectivity index (χ1v) is 6.47. The van der Waals surface area contributed by atoms with Crippen molar-refractivity contribution in [1.82, 2.24) is 19.9 Å². The highest BCUT2D eigenvalue weighted by molar-refractivity contribution is 6.28. The Morgan fingerprint density at radius 1 is 1.22 bits per heavy atom. The number of hydrogen-bond donors (Lipinski definition) is 1. The van der Waals surface area contributed by atoms with Gasteiger partial charge in [-0.05, 0) is 31.5 Å². The van der Waals surface area contributed by atoms with Gasteiger partial charge in [-0.1, -0.05) is 0 Å². The first-order chi connectivity index (χ1) is 8.56. The summed E-state index contributed by atoms with van der Waals surface area (Å²) in [4.78, 5) is 16.5. The van der Waals surface area contributed by atoms with Crippen LogP contribution >= 0.6 is 11.6 Å². The second-order valence-corrected chi connectivity index (χ2v) is 5.10. The first-order valence-electron chi connectivity index (χ1n) is 6.09. The number of anilines is 2. The minimum absolute atomic E-state index is 0.215. The van der Waals surface area contributed by atoms with E-state index < -0.39 is 0 Å². The molecule has 100 valence electrons. The molecule has 1 aliphatic carbocycles. The van der Waals surface area contributed by atoms with Gasteiger partial charge in [-0.3, -0.25) is 0 Å². The highest BCUT2D eigenvalue weighted by Gasteiger charge is 2.25. The lowest BCUT2D eigenvalue weighted by Gasteiger charge is -2.16. The molecule has 0 spiro atoms. The van der Waals surface area contributed by atoms with Crippen LogP contribution in [0.25, 0.3) is 0 Å². The molecule has 1 aromatic rings. The highest BCUT2D eigenvalue weighted by Crippen LogP contribution is 2.24. The Hall–Kier alpha value is -1.14. The Kier molecular flexibility index (Phi) is 4.19. The van der Waals surface area contributed by atoms with E-state index in [1.165, 1.54) is 12.8 Å². The van der Waals surface area contributed by atoms with Gasteiger partial charge in [0.25, 0.3) is 0 Å². The largest absolute Gasteiger partial charge is 0.353 e. The molecule has 1 aromatic heterocycles. The van der Waals surface area contributed by atoms with E-state index in [9.17, 15) is 0 Å². The van der Waals surface area contributed by atoms with Crippen molar-refractivity contribution in [2.45, 2.75) is 18.9 Å². The van der Waals surface area contributed by atoms with E-state index in [2.05, 4.69) is 32.2 Å². The van der Waals surface area contributed by atoms with Crippen molar-refractivity contribution in [2.24, 2.45) is 0 Å². The SMILES string of the molecule is CN(C)c1nc(Cl)nc(NCCN(C)C2CC2)n1. The van der Waals surface area contributed by atoms with Gasteiger partial charge < -0.3 is 15.1 Å². The van der Waals surface area contributed by atoms with Crippen LogP contribution in [0.2, 0.25) is 5.28 Å². The first kappa shape index (κ1) is 13.3. The number of likely N-dealkylation sites (N-methyl/N-ethyl adjacent to an activating group) is 1. The fourth-order valence-corrected chi connectivity index (χ4v) is 1.82. The molecule has 0 aliphatic heterocycles. The third-order valence-electron chi connectivity index (χ3n) is 2.91. The molecule has 1 fully saturated rings. The van der Waals surface area contributed by atoms with Crippen molar-refractivity contribution in [2.75, 3.05) is 44.4 Å². The molecule has 0 bridgehead atoms. The smallest absolute Gasteiger partial charge is 0.230 e. The Bertz CT molecular complexity index is 407. The van der Waals surface area contributed by atoms with Crippen molar-refractivity contribution in [3.05, 3.63) is 5.28 Å². The Labute approximate surface area is 112 Å². The minimum atomic E-state index is 0.215. The Morgan fingerprint density at radius 3 is 2.56 bits per heavy atom. The Balaban J connectivity index is 1.87. The molecule has 1 saturated carbocycles. The van der Waals surface area contributed by atoms with Crippen molar-refractivity contribution in [3.63, 3.8) is 0 Å². The molecule has 0 atom stereocenters. The van der Waals surface area contributed by atoms with Gasteiger partial charge >= 0.3 is 0 Å². The van der Waals surface area contributed by atoms with E-state index >= 15 is 0 Å². The maximum atomic E-state index is 5.86. The summed E-state index contributed by atoms with van der Waals surface area (Å²) >= 11 is 5.86. The summed E-state index contributed by atoms with van der Waals surface area (Å²) in [5.74, 6) is 1.09. The van der Waals surface area contributed by atoms with Gasteiger partial charge in [0.15, 0.2) is 0 Å². The molecular weight excluding hydrogens is 252 g/mol. The molecule has 2 rings (SSSR count). The molecule has 0 radical (unpaired) electrons. The summed E-state index contributed by atoms with van der Waals surface area (Å²) in [5, 5.41) is 3.39. The molecule has 7 heteroatoms. The lowest BCUT2D eigenvalue weighted by molar-refractivity contribution is 0.337. The fraction of sp³-hybridized carbons (Fsp3) is 0.727. The number of nitrogens with zero attached hydrogens (tertiary/aromatic N) is 5. The van der Waals surface area contributed by atoms with Crippen LogP contribution in [0.5, 0.6) is 0 Å². The summed E-state index contributed by atoms with van der Waals surface area (Å²) in [6, 6.07) is 0.770. The summed E-state index contributed by atoms with van der Waals surface area (Å²) in [6.07, 6.45) is 2.64. The van der Waals surface area contributed by atoms with E-state index in [1.807, 2.05) is 14.1 Å². The van der Waals surface area contributed by atoms with Crippen molar-refractivity contribution >= 4 is 23.5 Å². The molecule has 0 amide bonds. The second kappa shape index (κ2) is 5.67. The van der Waals surface area contributed by atoms with Gasteiger partial charge in [0, 0.05) is 33.2 Å². The van der Waals surface area contributed by atoms with Crippen LogP contribution in [0.1, 0.15) is 12.8 Å². The third-order valence-corrected chi connectivity index (χ3v) is 3.08. The normalized spacial score (nSPS) is 14.9. The van der Waals surface area contributed by atoms with Crippen molar-refractivity contribution in [1.29, 1.82) is 0 Å². The Morgan fingerprint density at radius 2 is 1.94 bits per heavy atom. The number of hydrogen-bond acceptors (Lipinski definition) is 6. The predicted molar refractivity (Wildman–Crippen MR) is 73.3 cm³/mol. The number of aromatic nitrogens is 3. The van der Waals surface area contributed by atoms with E-state index in [1.54, 1.807) is 4.90 Å². The highest BCUT2D eigenvalue weighted by atomic mass is 35.5. The zero-order chi connectivity index (χ0) is 13.1. The van der Waals surface area contributed by atoms with E-state index in [0.717, 1.165) is 19.1 Å². The van der Waals surface area contributed by atoms with E-state index in [0.29, 0.717) is 11.9 Å². The maximum absolute atomic E-state index is 5.86. The number of rotatable bonds is 6. The van der Waals surface area contributed by atoms with Gasteiger partial charge in [0.05, 0.1) is 0 Å². The number of halogens is 1. The summed E-state index contributed by atoms with van der Waals surface area (Å²) in [5.41, 5.74) is 0. The lowest BCUT2D eigenvalue weighted by atomic mass is 10.5. The van der Waals surface area contributed by atoms with Crippen LogP contribution in [0.4, 0.5) is 11.9 Å². The molecule has 6 nitrogen and oxygen atoms in total. The van der Waals surface area contributed by atoms with Crippen LogP contribution in [0.3, 0.4) is 0 Å². The van der Waals surface area contributed by atoms with Crippen molar-refractivity contribution in [3.8, 4) is 0 Å². The van der Waals surface area contributed by atoms with Gasteiger partial charge in [0.1, 0.15) is 0 Å². The van der Waals surface area contributed by atoms with Crippen LogP contribution in [-0.4, -0.2) is 60.1 Å². The molecular formula is C11H19ClN6. The van der Waals surface area contributed by atoms with Crippen LogP contribution in [-0.2, 0) is 0 Å². The van der Waals surface area contributed by atoms with Gasteiger partial charge in [-0.25, -0.2) is 0 Å². The fourth-order valence-electron chi connectivity index (χ4n) is 1.66.